The highest BCUT2D eigenvalue weighted by Gasteiger charge is 2.36. The van der Waals surface area contributed by atoms with Crippen molar-refractivity contribution >= 4 is 33.5 Å². The van der Waals surface area contributed by atoms with Gasteiger partial charge in [0.25, 0.3) is 0 Å². The molecule has 0 atom stereocenters. The van der Waals surface area contributed by atoms with Crippen molar-refractivity contribution in [1.82, 2.24) is 0 Å². The fourth-order valence-corrected chi connectivity index (χ4v) is 3.67. The van der Waals surface area contributed by atoms with Crippen LogP contribution in [0.5, 0.6) is 0 Å². The molecule has 0 aliphatic carbocycles. The zero-order chi connectivity index (χ0) is 11.2. The maximum Gasteiger partial charge on any atom is 0.320 e. The van der Waals surface area contributed by atoms with Crippen LogP contribution < -0.4 is 0 Å². The molecule has 0 spiro atoms. The molecule has 14 heavy (non-hydrogen) atoms. The summed E-state index contributed by atoms with van der Waals surface area (Å²) in [7, 11) is 2.22. The third-order valence-corrected chi connectivity index (χ3v) is 5.15. The minimum absolute atomic E-state index is 0.0697. The summed E-state index contributed by atoms with van der Waals surface area (Å²) in [5.41, 5.74) is 0. The predicted molar refractivity (Wildman–Crippen MR) is 58.6 cm³/mol. The third-order valence-electron chi connectivity index (χ3n) is 1.93. The summed E-state index contributed by atoms with van der Waals surface area (Å²) < 4.78 is -0.847. The molecule has 0 bridgehead atoms. The Morgan fingerprint density at radius 1 is 1.21 bits per heavy atom. The Labute approximate surface area is 90.9 Å². The number of hydrogen-bond donors (Lipinski definition) is 2. The van der Waals surface area contributed by atoms with Crippen LogP contribution in [0.4, 0.5) is 0 Å². The SMILES string of the molecule is CCC(CC)(SSCC(=O)O)C(=O)O. The number of carbonyl (C=O) groups is 2. The minimum Gasteiger partial charge on any atom is -0.481 e. The first-order valence-corrected chi connectivity index (χ1v) is 6.56. The molecule has 0 aromatic heterocycles. The maximum absolute atomic E-state index is 11.0. The molecule has 0 saturated heterocycles. The van der Waals surface area contributed by atoms with E-state index in [1.165, 1.54) is 0 Å². The first kappa shape index (κ1) is 13.6. The summed E-state index contributed by atoms with van der Waals surface area (Å²) in [5.74, 6) is -1.86. The largest absolute Gasteiger partial charge is 0.481 e. The molecule has 0 amide bonds. The maximum atomic E-state index is 11.0. The van der Waals surface area contributed by atoms with Crippen molar-refractivity contribution in [2.24, 2.45) is 0 Å². The lowest BCUT2D eigenvalue weighted by molar-refractivity contribution is -0.140. The molecule has 6 heteroatoms. The lowest BCUT2D eigenvalue weighted by Crippen LogP contribution is -2.32. The van der Waals surface area contributed by atoms with Gasteiger partial charge in [0.05, 0.1) is 0 Å². The van der Waals surface area contributed by atoms with E-state index in [-0.39, 0.29) is 5.75 Å². The van der Waals surface area contributed by atoms with Crippen LogP contribution in [-0.4, -0.2) is 32.7 Å². The number of carboxylic acid groups (broad SMARTS) is 2. The van der Waals surface area contributed by atoms with Crippen LogP contribution >= 0.6 is 21.6 Å². The molecular weight excluding hydrogens is 224 g/mol. The van der Waals surface area contributed by atoms with Crippen LogP contribution in [-0.2, 0) is 9.59 Å². The van der Waals surface area contributed by atoms with Gasteiger partial charge in [-0.25, -0.2) is 0 Å². The molecule has 2 N–H and O–H groups in total. The lowest BCUT2D eigenvalue weighted by Gasteiger charge is -2.24. The fourth-order valence-electron chi connectivity index (χ4n) is 0.899. The Morgan fingerprint density at radius 2 is 1.71 bits per heavy atom. The van der Waals surface area contributed by atoms with Crippen LogP contribution in [0.1, 0.15) is 26.7 Å². The van der Waals surface area contributed by atoms with E-state index in [1.54, 1.807) is 13.8 Å². The Bertz CT molecular complexity index is 213. The van der Waals surface area contributed by atoms with Crippen molar-refractivity contribution in [2.45, 2.75) is 31.4 Å². The topological polar surface area (TPSA) is 74.6 Å². The molecule has 0 saturated carbocycles. The normalized spacial score (nSPS) is 11.3. The molecule has 0 fully saturated rings. The van der Waals surface area contributed by atoms with Gasteiger partial charge in [-0.15, -0.1) is 0 Å². The molecule has 0 heterocycles. The second kappa shape index (κ2) is 6.19. The highest BCUT2D eigenvalue weighted by atomic mass is 33.1. The number of hydrogen-bond acceptors (Lipinski definition) is 4. The molecule has 0 aromatic carbocycles. The van der Waals surface area contributed by atoms with E-state index in [0.717, 1.165) is 21.6 Å². The van der Waals surface area contributed by atoms with Crippen molar-refractivity contribution in [1.29, 1.82) is 0 Å². The number of aliphatic carboxylic acids is 2. The average molecular weight is 238 g/mol. The van der Waals surface area contributed by atoms with Crippen molar-refractivity contribution in [3.63, 3.8) is 0 Å². The van der Waals surface area contributed by atoms with Gasteiger partial charge in [-0.1, -0.05) is 35.4 Å². The molecular formula is C8H14O4S2. The Kier molecular flexibility index (Phi) is 6.03. The van der Waals surface area contributed by atoms with Gasteiger partial charge in [0.2, 0.25) is 0 Å². The molecule has 0 aliphatic rings. The highest BCUT2D eigenvalue weighted by Crippen LogP contribution is 2.41. The average Bonchev–Trinajstić information content (AvgIpc) is 2.12. The summed E-state index contributed by atoms with van der Waals surface area (Å²) in [6.45, 7) is 3.60. The standard InChI is InChI=1S/C8H14O4S2/c1-3-8(4-2,7(11)12)14-13-5-6(9)10/h3-5H2,1-2H3,(H,9,10)(H,11,12). The van der Waals surface area contributed by atoms with Crippen LogP contribution in [0.2, 0.25) is 0 Å². The van der Waals surface area contributed by atoms with Crippen molar-refractivity contribution < 1.29 is 19.8 Å². The first-order chi connectivity index (χ1) is 6.48. The Morgan fingerprint density at radius 3 is 2.00 bits per heavy atom. The summed E-state index contributed by atoms with van der Waals surface area (Å²) in [5, 5.41) is 17.4. The van der Waals surface area contributed by atoms with Crippen LogP contribution in [0.3, 0.4) is 0 Å². The van der Waals surface area contributed by atoms with Gasteiger partial charge in [0, 0.05) is 0 Å². The van der Waals surface area contributed by atoms with E-state index in [2.05, 4.69) is 0 Å². The zero-order valence-electron chi connectivity index (χ0n) is 8.15. The van der Waals surface area contributed by atoms with Gasteiger partial charge in [-0.2, -0.15) is 0 Å². The number of rotatable bonds is 7. The monoisotopic (exact) mass is 238 g/mol. The predicted octanol–water partition coefficient (Wildman–Crippen LogP) is 2.10. The van der Waals surface area contributed by atoms with Crippen LogP contribution in [0, 0.1) is 0 Å². The third kappa shape index (κ3) is 3.79. The summed E-state index contributed by atoms with van der Waals surface area (Å²) in [6.07, 6.45) is 0.992. The second-order valence-corrected chi connectivity index (χ2v) is 5.43. The van der Waals surface area contributed by atoms with Gasteiger partial charge < -0.3 is 10.2 Å². The van der Waals surface area contributed by atoms with Gasteiger partial charge in [-0.05, 0) is 12.8 Å². The quantitative estimate of drug-likeness (QED) is 0.662. The van der Waals surface area contributed by atoms with Gasteiger partial charge in [-0.3, -0.25) is 9.59 Å². The van der Waals surface area contributed by atoms with Crippen molar-refractivity contribution in [3.8, 4) is 0 Å². The zero-order valence-corrected chi connectivity index (χ0v) is 9.78. The van der Waals surface area contributed by atoms with Gasteiger partial charge in [0.15, 0.2) is 0 Å². The molecule has 82 valence electrons. The molecule has 0 aliphatic heterocycles. The second-order valence-electron chi connectivity index (χ2n) is 2.75. The minimum atomic E-state index is -0.922. The Balaban J connectivity index is 4.22. The van der Waals surface area contributed by atoms with E-state index in [1.807, 2.05) is 0 Å². The van der Waals surface area contributed by atoms with Gasteiger partial charge in [0.1, 0.15) is 10.5 Å². The molecule has 4 nitrogen and oxygen atoms in total. The van der Waals surface area contributed by atoms with E-state index in [4.69, 9.17) is 10.2 Å². The smallest absolute Gasteiger partial charge is 0.320 e. The summed E-state index contributed by atoms with van der Waals surface area (Å²) >= 11 is 0. The van der Waals surface area contributed by atoms with E-state index in [9.17, 15) is 9.59 Å². The summed E-state index contributed by atoms with van der Waals surface area (Å²) in [6, 6.07) is 0. The van der Waals surface area contributed by atoms with Crippen LogP contribution in [0.15, 0.2) is 0 Å². The van der Waals surface area contributed by atoms with E-state index in [0.29, 0.717) is 12.8 Å². The highest BCUT2D eigenvalue weighted by molar-refractivity contribution is 8.77. The molecule has 0 rings (SSSR count). The molecule has 0 aromatic rings. The number of carboxylic acids is 2. The fraction of sp³-hybridized carbons (Fsp3) is 0.750. The lowest BCUT2D eigenvalue weighted by atomic mass is 10.0. The molecule has 0 unspecified atom stereocenters. The van der Waals surface area contributed by atoms with Gasteiger partial charge >= 0.3 is 11.9 Å². The van der Waals surface area contributed by atoms with Crippen LogP contribution in [0.25, 0.3) is 0 Å². The Hall–Kier alpha value is -0.360. The first-order valence-electron chi connectivity index (χ1n) is 4.24. The van der Waals surface area contributed by atoms with E-state index < -0.39 is 16.7 Å². The van der Waals surface area contributed by atoms with Crippen molar-refractivity contribution in [3.05, 3.63) is 0 Å². The molecule has 0 radical (unpaired) electrons. The van der Waals surface area contributed by atoms with Crippen molar-refractivity contribution in [2.75, 3.05) is 5.75 Å². The van der Waals surface area contributed by atoms with E-state index >= 15 is 0 Å². The summed E-state index contributed by atoms with van der Waals surface area (Å²) in [4.78, 5) is 21.2.